The maximum atomic E-state index is 14.1. The molecule has 0 unspecified atom stereocenters. The van der Waals surface area contributed by atoms with Gasteiger partial charge in [0, 0.05) is 31.7 Å². The molecule has 1 N–H and O–H groups in total. The van der Waals surface area contributed by atoms with Gasteiger partial charge in [0.15, 0.2) is 11.5 Å². The van der Waals surface area contributed by atoms with Gasteiger partial charge in [-0.05, 0) is 35.9 Å². The molecule has 0 amide bonds. The predicted molar refractivity (Wildman–Crippen MR) is 146 cm³/mol. The van der Waals surface area contributed by atoms with Crippen molar-refractivity contribution in [3.8, 4) is 11.5 Å². The number of morpholine rings is 2. The van der Waals surface area contributed by atoms with Crippen LogP contribution >= 0.6 is 11.6 Å². The third-order valence-electron chi connectivity index (χ3n) is 6.20. The summed E-state index contributed by atoms with van der Waals surface area (Å²) in [6, 6.07) is 9.80. The molecule has 11 nitrogen and oxygen atoms in total. The summed E-state index contributed by atoms with van der Waals surface area (Å²) < 4.78 is 36.3. The molecular weight excluding hydrogens is 529 g/mol. The second-order valence-electron chi connectivity index (χ2n) is 8.73. The summed E-state index contributed by atoms with van der Waals surface area (Å²) in [5, 5.41) is 4.63. The van der Waals surface area contributed by atoms with Crippen LogP contribution in [0.3, 0.4) is 0 Å². The molecule has 0 atom stereocenters. The summed E-state index contributed by atoms with van der Waals surface area (Å²) >= 11 is 6.10. The van der Waals surface area contributed by atoms with Gasteiger partial charge in [-0.25, -0.2) is 9.82 Å². The van der Waals surface area contributed by atoms with Crippen LogP contribution in [0.2, 0.25) is 5.02 Å². The van der Waals surface area contributed by atoms with Crippen molar-refractivity contribution < 1.29 is 23.3 Å². The van der Waals surface area contributed by atoms with Crippen LogP contribution in [0, 0.1) is 5.82 Å². The number of nitrogens with zero attached hydrogens (tertiary/aromatic N) is 6. The highest BCUT2D eigenvalue weighted by Crippen LogP contribution is 2.30. The van der Waals surface area contributed by atoms with Crippen molar-refractivity contribution in [2.24, 2.45) is 5.10 Å². The van der Waals surface area contributed by atoms with Gasteiger partial charge in [0.1, 0.15) is 12.4 Å². The molecule has 0 spiro atoms. The number of aromatic nitrogens is 3. The molecule has 39 heavy (non-hydrogen) atoms. The van der Waals surface area contributed by atoms with Gasteiger partial charge in [-0.15, -0.1) is 0 Å². The van der Waals surface area contributed by atoms with E-state index in [4.69, 9.17) is 35.5 Å². The second kappa shape index (κ2) is 12.9. The number of hydrogen-bond donors (Lipinski definition) is 1. The zero-order chi connectivity index (χ0) is 27.0. The van der Waals surface area contributed by atoms with Gasteiger partial charge in [0.2, 0.25) is 17.8 Å². The fraction of sp³-hybridized carbons (Fsp3) is 0.385. The van der Waals surface area contributed by atoms with Crippen LogP contribution < -0.4 is 24.7 Å². The number of hydrogen-bond acceptors (Lipinski definition) is 11. The van der Waals surface area contributed by atoms with Gasteiger partial charge in [-0.3, -0.25) is 0 Å². The topological polar surface area (TPSA) is 106 Å². The Balaban J connectivity index is 1.29. The number of anilines is 3. The molecule has 0 bridgehead atoms. The van der Waals surface area contributed by atoms with Crippen molar-refractivity contribution in [1.82, 2.24) is 15.0 Å². The zero-order valence-electron chi connectivity index (χ0n) is 21.5. The monoisotopic (exact) mass is 557 g/mol. The Morgan fingerprint density at radius 2 is 1.64 bits per heavy atom. The van der Waals surface area contributed by atoms with E-state index in [1.807, 2.05) is 0 Å². The molecule has 0 aliphatic carbocycles. The number of methoxy groups -OCH3 is 1. The molecule has 0 saturated carbocycles. The lowest BCUT2D eigenvalue weighted by molar-refractivity contribution is 0.121. The third-order valence-corrected chi connectivity index (χ3v) is 6.55. The van der Waals surface area contributed by atoms with E-state index in [0.29, 0.717) is 87.0 Å². The molecule has 206 valence electrons. The lowest BCUT2D eigenvalue weighted by atomic mass is 10.2. The van der Waals surface area contributed by atoms with Crippen molar-refractivity contribution in [3.05, 3.63) is 58.4 Å². The van der Waals surface area contributed by atoms with Gasteiger partial charge >= 0.3 is 0 Å². The molecule has 2 aromatic carbocycles. The van der Waals surface area contributed by atoms with Crippen molar-refractivity contribution in [2.75, 3.05) is 74.9 Å². The van der Waals surface area contributed by atoms with E-state index >= 15 is 0 Å². The SMILES string of the molecule is COc1cc(/C=N\Nc2nc(N3CCOCC3)nc(N3CCOCC3)n2)ccc1OCc1c(F)cccc1Cl. The summed E-state index contributed by atoms with van der Waals surface area (Å²) in [6.07, 6.45) is 1.62. The predicted octanol–water partition coefficient (Wildman–Crippen LogP) is 3.37. The van der Waals surface area contributed by atoms with Gasteiger partial charge in [0.25, 0.3) is 0 Å². The second-order valence-corrected chi connectivity index (χ2v) is 9.13. The highest BCUT2D eigenvalue weighted by Gasteiger charge is 2.20. The van der Waals surface area contributed by atoms with E-state index in [0.717, 1.165) is 5.56 Å². The quantitative estimate of drug-likeness (QED) is 0.311. The van der Waals surface area contributed by atoms with E-state index in [1.165, 1.54) is 13.2 Å². The average Bonchev–Trinajstić information content (AvgIpc) is 2.98. The molecule has 3 aromatic rings. The Hall–Kier alpha value is -3.74. The standard InChI is InChI=1S/C26H29ClFN7O4/c1-36-23-15-18(5-6-22(23)39-17-19-20(27)3-2-4-21(19)28)16-29-33-24-30-25(34-7-11-37-12-8-34)32-26(31-24)35-9-13-38-14-10-35/h2-6,15-16H,7-14,17H2,1H3,(H,30,31,32,33)/b29-16-. The Kier molecular flexibility index (Phi) is 8.86. The summed E-state index contributed by atoms with van der Waals surface area (Å²) in [5.74, 6) is 1.97. The number of hydrazone groups is 1. The largest absolute Gasteiger partial charge is 0.493 e. The summed E-state index contributed by atoms with van der Waals surface area (Å²) in [6.45, 7) is 5.25. The first kappa shape index (κ1) is 26.9. The first-order valence-electron chi connectivity index (χ1n) is 12.5. The zero-order valence-corrected chi connectivity index (χ0v) is 22.2. The lowest BCUT2D eigenvalue weighted by Crippen LogP contribution is -2.40. The van der Waals surface area contributed by atoms with Crippen LogP contribution in [0.25, 0.3) is 0 Å². The molecule has 2 aliphatic heterocycles. The lowest BCUT2D eigenvalue weighted by Gasteiger charge is -2.30. The molecule has 1 aromatic heterocycles. The normalized spacial score (nSPS) is 16.0. The minimum atomic E-state index is -0.428. The van der Waals surface area contributed by atoms with Crippen LogP contribution in [0.4, 0.5) is 22.2 Å². The Morgan fingerprint density at radius 3 is 2.26 bits per heavy atom. The molecular formula is C26H29ClFN7O4. The van der Waals surface area contributed by atoms with Crippen molar-refractivity contribution in [1.29, 1.82) is 0 Å². The van der Waals surface area contributed by atoms with Crippen LogP contribution in [0.5, 0.6) is 11.5 Å². The highest BCUT2D eigenvalue weighted by molar-refractivity contribution is 6.31. The molecule has 13 heteroatoms. The maximum absolute atomic E-state index is 14.1. The first-order chi connectivity index (χ1) is 19.1. The molecule has 3 heterocycles. The minimum Gasteiger partial charge on any atom is -0.493 e. The number of rotatable bonds is 9. The summed E-state index contributed by atoms with van der Waals surface area (Å²) in [7, 11) is 1.53. The van der Waals surface area contributed by atoms with Crippen molar-refractivity contribution in [2.45, 2.75) is 6.61 Å². The fourth-order valence-electron chi connectivity index (χ4n) is 4.08. The summed E-state index contributed by atoms with van der Waals surface area (Å²) in [4.78, 5) is 18.0. The van der Waals surface area contributed by atoms with Crippen LogP contribution in [-0.2, 0) is 16.1 Å². The van der Waals surface area contributed by atoms with E-state index in [-0.39, 0.29) is 12.2 Å². The third kappa shape index (κ3) is 6.83. The molecule has 2 saturated heterocycles. The maximum Gasteiger partial charge on any atom is 0.250 e. The Labute approximate surface area is 230 Å². The van der Waals surface area contributed by atoms with Crippen molar-refractivity contribution >= 4 is 35.7 Å². The van der Waals surface area contributed by atoms with Crippen molar-refractivity contribution in [3.63, 3.8) is 0 Å². The van der Waals surface area contributed by atoms with Crippen LogP contribution in [0.15, 0.2) is 41.5 Å². The van der Waals surface area contributed by atoms with Crippen LogP contribution in [-0.4, -0.2) is 80.9 Å². The van der Waals surface area contributed by atoms with Gasteiger partial charge < -0.3 is 28.7 Å². The van der Waals surface area contributed by atoms with Gasteiger partial charge in [0.05, 0.1) is 44.8 Å². The Morgan fingerprint density at radius 1 is 0.974 bits per heavy atom. The smallest absolute Gasteiger partial charge is 0.250 e. The Bertz CT molecular complexity index is 1250. The molecule has 2 aliphatic rings. The van der Waals surface area contributed by atoms with E-state index in [1.54, 1.807) is 36.5 Å². The van der Waals surface area contributed by atoms with E-state index in [2.05, 4.69) is 30.3 Å². The highest BCUT2D eigenvalue weighted by atomic mass is 35.5. The number of ether oxygens (including phenoxy) is 4. The molecule has 5 rings (SSSR count). The number of halogens is 2. The van der Waals surface area contributed by atoms with Gasteiger partial charge in [-0.2, -0.15) is 20.1 Å². The molecule has 2 fully saturated rings. The molecule has 0 radical (unpaired) electrons. The fourth-order valence-corrected chi connectivity index (χ4v) is 4.30. The number of benzene rings is 2. The van der Waals surface area contributed by atoms with Crippen LogP contribution in [0.1, 0.15) is 11.1 Å². The van der Waals surface area contributed by atoms with E-state index in [9.17, 15) is 4.39 Å². The minimum absolute atomic E-state index is 0.0345. The summed E-state index contributed by atoms with van der Waals surface area (Å²) in [5.41, 5.74) is 3.95. The van der Waals surface area contributed by atoms with Gasteiger partial charge in [-0.1, -0.05) is 17.7 Å². The first-order valence-corrected chi connectivity index (χ1v) is 12.9. The number of nitrogens with one attached hydrogen (secondary N) is 1. The average molecular weight is 558 g/mol. The van der Waals surface area contributed by atoms with E-state index < -0.39 is 5.82 Å².